The SMILES string of the molecule is CCOC(=O)/C=C/[C@H](CCC(=O)NC(c1ccccc1)(c1ccccc1)c1ccccc1)NC(=O)[C@H](Cc1ccccc1)NC(=O)[C@@H](NC(=O)OCc1ccccc1)C(C)(C)C. The fourth-order valence-electron chi connectivity index (χ4n) is 7.10. The van der Waals surface area contributed by atoms with Crippen LogP contribution in [-0.4, -0.2) is 54.5 Å². The molecule has 0 unspecified atom stereocenters. The van der Waals surface area contributed by atoms with Gasteiger partial charge in [0.15, 0.2) is 0 Å². The second-order valence-electron chi connectivity index (χ2n) is 15.9. The summed E-state index contributed by atoms with van der Waals surface area (Å²) in [6, 6.07) is 44.5. The molecule has 11 heteroatoms. The van der Waals surface area contributed by atoms with Gasteiger partial charge in [0.25, 0.3) is 0 Å². The average Bonchev–Trinajstić information content (AvgIpc) is 3.28. The normalized spacial score (nSPS) is 12.9. The molecule has 0 radical (unpaired) electrons. The van der Waals surface area contributed by atoms with Crippen LogP contribution in [0.2, 0.25) is 0 Å². The van der Waals surface area contributed by atoms with Crippen LogP contribution in [-0.2, 0) is 47.2 Å². The Bertz CT molecular complexity index is 2130. The number of ether oxygens (including phenoxy) is 2. The van der Waals surface area contributed by atoms with Gasteiger partial charge in [-0.05, 0) is 46.6 Å². The van der Waals surface area contributed by atoms with Crippen LogP contribution < -0.4 is 21.3 Å². The number of benzene rings is 5. The molecular weight excluding hydrogens is 781 g/mol. The van der Waals surface area contributed by atoms with Crippen molar-refractivity contribution in [3.05, 3.63) is 192 Å². The van der Waals surface area contributed by atoms with Crippen molar-refractivity contribution >= 4 is 29.8 Å². The van der Waals surface area contributed by atoms with E-state index >= 15 is 0 Å². The lowest BCUT2D eigenvalue weighted by atomic mass is 9.77. The van der Waals surface area contributed by atoms with E-state index in [0.717, 1.165) is 27.8 Å². The zero-order chi connectivity index (χ0) is 44.4. The predicted molar refractivity (Wildman–Crippen MR) is 239 cm³/mol. The zero-order valence-electron chi connectivity index (χ0n) is 35.7. The number of carbonyl (C=O) groups excluding carboxylic acids is 5. The lowest BCUT2D eigenvalue weighted by molar-refractivity contribution is -0.137. The molecule has 0 saturated carbocycles. The van der Waals surface area contributed by atoms with Gasteiger partial charge in [0.2, 0.25) is 17.7 Å². The minimum Gasteiger partial charge on any atom is -0.463 e. The standard InChI is InChI=1S/C51H56N4O7/c1-5-61-45(57)34-32-42(31-33-44(56)55-51(39-25-15-8-16-26-39,40-27-17-9-18-28-40)41-29-19-10-20-30-41)52-47(58)43(35-37-21-11-6-12-22-37)53-48(59)46(50(2,3)4)54-49(60)62-36-38-23-13-7-14-24-38/h6-30,32,34,42-43,46H,5,31,33,35-36H2,1-4H3,(H,52,58)(H,53,59)(H,54,60)(H,55,56)/b34-32+/t42-,43-,46+/m0/s1. The first-order valence-electron chi connectivity index (χ1n) is 20.8. The van der Waals surface area contributed by atoms with Gasteiger partial charge in [-0.2, -0.15) is 0 Å². The Labute approximate surface area is 364 Å². The van der Waals surface area contributed by atoms with Crippen LogP contribution in [0.5, 0.6) is 0 Å². The number of amides is 4. The fourth-order valence-corrected chi connectivity index (χ4v) is 7.10. The highest BCUT2D eigenvalue weighted by atomic mass is 16.5. The van der Waals surface area contributed by atoms with Crippen molar-refractivity contribution in [3.63, 3.8) is 0 Å². The molecule has 0 spiro atoms. The molecule has 4 amide bonds. The third-order valence-electron chi connectivity index (χ3n) is 10.2. The van der Waals surface area contributed by atoms with E-state index in [2.05, 4.69) is 21.3 Å². The molecule has 5 aromatic rings. The lowest BCUT2D eigenvalue weighted by Crippen LogP contribution is -2.58. The van der Waals surface area contributed by atoms with Crippen LogP contribution >= 0.6 is 0 Å². The van der Waals surface area contributed by atoms with Gasteiger partial charge >= 0.3 is 12.1 Å². The summed E-state index contributed by atoms with van der Waals surface area (Å²) < 4.78 is 10.6. The second kappa shape index (κ2) is 22.6. The van der Waals surface area contributed by atoms with Gasteiger partial charge in [-0.3, -0.25) is 14.4 Å². The Balaban J connectivity index is 1.38. The summed E-state index contributed by atoms with van der Waals surface area (Å²) in [4.78, 5) is 68.2. The van der Waals surface area contributed by atoms with E-state index in [1.54, 1.807) is 27.7 Å². The van der Waals surface area contributed by atoms with Crippen LogP contribution in [0.3, 0.4) is 0 Å². The first-order valence-corrected chi connectivity index (χ1v) is 20.8. The maximum Gasteiger partial charge on any atom is 0.408 e. The Hall–Kier alpha value is -7.01. The van der Waals surface area contributed by atoms with E-state index in [1.165, 1.54) is 12.2 Å². The molecule has 0 bridgehead atoms. The van der Waals surface area contributed by atoms with Crippen LogP contribution in [0.15, 0.2) is 164 Å². The third kappa shape index (κ3) is 13.2. The molecule has 0 aliphatic heterocycles. The van der Waals surface area contributed by atoms with Crippen molar-refractivity contribution in [1.29, 1.82) is 0 Å². The number of alkyl carbamates (subject to hydrolysis) is 1. The number of rotatable bonds is 19. The smallest absolute Gasteiger partial charge is 0.408 e. The predicted octanol–water partition coefficient (Wildman–Crippen LogP) is 7.55. The summed E-state index contributed by atoms with van der Waals surface area (Å²) >= 11 is 0. The molecule has 11 nitrogen and oxygen atoms in total. The van der Waals surface area contributed by atoms with E-state index in [1.807, 2.05) is 152 Å². The Kier molecular flexibility index (Phi) is 16.8. The Morgan fingerprint density at radius 3 is 1.56 bits per heavy atom. The van der Waals surface area contributed by atoms with Crippen LogP contribution in [0, 0.1) is 5.41 Å². The molecule has 4 N–H and O–H groups in total. The molecule has 0 fully saturated rings. The van der Waals surface area contributed by atoms with Gasteiger partial charge in [0, 0.05) is 25.0 Å². The van der Waals surface area contributed by atoms with Gasteiger partial charge in [-0.25, -0.2) is 9.59 Å². The van der Waals surface area contributed by atoms with Gasteiger partial charge in [-0.15, -0.1) is 0 Å². The average molecular weight is 837 g/mol. The molecular formula is C51H56N4O7. The monoisotopic (exact) mass is 836 g/mol. The number of carbonyl (C=O) groups is 5. The van der Waals surface area contributed by atoms with Crippen molar-refractivity contribution < 1.29 is 33.4 Å². The highest BCUT2D eigenvalue weighted by Crippen LogP contribution is 2.37. The van der Waals surface area contributed by atoms with Crippen molar-refractivity contribution in [2.45, 2.75) is 77.2 Å². The third-order valence-corrected chi connectivity index (χ3v) is 10.2. The number of esters is 1. The lowest BCUT2D eigenvalue weighted by Gasteiger charge is -2.37. The van der Waals surface area contributed by atoms with Gasteiger partial charge in [0.05, 0.1) is 6.61 Å². The van der Waals surface area contributed by atoms with Crippen LogP contribution in [0.4, 0.5) is 4.79 Å². The van der Waals surface area contributed by atoms with Crippen molar-refractivity contribution in [2.75, 3.05) is 6.61 Å². The summed E-state index contributed by atoms with van der Waals surface area (Å²) in [7, 11) is 0. The van der Waals surface area contributed by atoms with Crippen molar-refractivity contribution in [1.82, 2.24) is 21.3 Å². The number of hydrogen-bond donors (Lipinski definition) is 4. The molecule has 5 rings (SSSR count). The second-order valence-corrected chi connectivity index (χ2v) is 15.9. The molecule has 62 heavy (non-hydrogen) atoms. The van der Waals surface area contributed by atoms with E-state index in [9.17, 15) is 24.0 Å². The van der Waals surface area contributed by atoms with Crippen LogP contribution in [0.1, 0.15) is 68.4 Å². The molecule has 0 aliphatic rings. The Morgan fingerprint density at radius 2 is 1.08 bits per heavy atom. The topological polar surface area (TPSA) is 152 Å². The largest absolute Gasteiger partial charge is 0.463 e. The first-order chi connectivity index (χ1) is 29.9. The zero-order valence-corrected chi connectivity index (χ0v) is 35.7. The summed E-state index contributed by atoms with van der Waals surface area (Å²) in [6.45, 7) is 7.23. The molecule has 5 aromatic carbocycles. The molecule has 0 aromatic heterocycles. The van der Waals surface area contributed by atoms with E-state index in [0.29, 0.717) is 0 Å². The van der Waals surface area contributed by atoms with Crippen molar-refractivity contribution in [2.24, 2.45) is 5.41 Å². The number of hydrogen-bond acceptors (Lipinski definition) is 7. The molecule has 0 saturated heterocycles. The number of nitrogens with one attached hydrogen (secondary N) is 4. The van der Waals surface area contributed by atoms with Crippen molar-refractivity contribution in [3.8, 4) is 0 Å². The maximum absolute atomic E-state index is 14.4. The minimum absolute atomic E-state index is 0.00860. The molecule has 0 heterocycles. The summed E-state index contributed by atoms with van der Waals surface area (Å²) in [5, 5.41) is 11.9. The molecule has 3 atom stereocenters. The van der Waals surface area contributed by atoms with E-state index in [4.69, 9.17) is 9.47 Å². The van der Waals surface area contributed by atoms with Gasteiger partial charge in [0.1, 0.15) is 24.2 Å². The maximum atomic E-state index is 14.4. The van der Waals surface area contributed by atoms with E-state index < -0.39 is 53.0 Å². The first kappa shape index (κ1) is 46.1. The quantitative estimate of drug-likeness (QED) is 0.0381. The summed E-state index contributed by atoms with van der Waals surface area (Å²) in [6.07, 6.45) is 2.07. The van der Waals surface area contributed by atoms with Gasteiger partial charge in [-0.1, -0.05) is 179 Å². The fraction of sp³-hybridized carbons (Fsp3) is 0.275. The highest BCUT2D eigenvalue weighted by Gasteiger charge is 2.38. The summed E-state index contributed by atoms with van der Waals surface area (Å²) in [5.41, 5.74) is 2.27. The molecule has 0 aliphatic carbocycles. The van der Waals surface area contributed by atoms with E-state index in [-0.39, 0.29) is 38.4 Å². The summed E-state index contributed by atoms with van der Waals surface area (Å²) in [5.74, 6) is -2.08. The van der Waals surface area contributed by atoms with Gasteiger partial charge < -0.3 is 30.7 Å². The Morgan fingerprint density at radius 1 is 0.597 bits per heavy atom. The highest BCUT2D eigenvalue weighted by molar-refractivity contribution is 5.92. The molecule has 322 valence electrons. The minimum atomic E-state index is -1.12. The van der Waals surface area contributed by atoms with Crippen LogP contribution in [0.25, 0.3) is 0 Å².